The Morgan fingerprint density at radius 3 is 2.36 bits per heavy atom. The smallest absolute Gasteiger partial charge is 0.263 e. The minimum absolute atomic E-state index is 0.105. The number of carbonyl (C=O) groups excluding carboxylic acids is 1. The van der Waals surface area contributed by atoms with Crippen LogP contribution in [0.15, 0.2) is 58.4 Å². The first-order valence-corrected chi connectivity index (χ1v) is 10.8. The number of amides is 1. The molecule has 0 aliphatic carbocycles. The van der Waals surface area contributed by atoms with Gasteiger partial charge in [0.1, 0.15) is 5.84 Å². The number of sulfonamides is 1. The lowest BCUT2D eigenvalue weighted by atomic mass is 9.99. The van der Waals surface area contributed by atoms with Gasteiger partial charge in [-0.25, -0.2) is 8.42 Å². The average Bonchev–Trinajstić information content (AvgIpc) is 2.92. The molecule has 0 radical (unpaired) electrons. The van der Waals surface area contributed by atoms with Crippen LogP contribution in [0, 0.1) is 0 Å². The van der Waals surface area contributed by atoms with E-state index in [4.69, 9.17) is 0 Å². The molecule has 0 spiro atoms. The summed E-state index contributed by atoms with van der Waals surface area (Å²) in [7, 11) is -3.55. The number of nitrogens with one attached hydrogen (secondary N) is 2. The first kappa shape index (κ1) is 20.1. The van der Waals surface area contributed by atoms with E-state index in [0.717, 1.165) is 5.56 Å². The summed E-state index contributed by atoms with van der Waals surface area (Å²) >= 11 is 0. The Hall–Kier alpha value is -2.67. The van der Waals surface area contributed by atoms with E-state index in [1.165, 1.54) is 5.56 Å². The van der Waals surface area contributed by atoms with Crippen molar-refractivity contribution in [3.63, 3.8) is 0 Å². The van der Waals surface area contributed by atoms with Crippen LogP contribution in [0.1, 0.15) is 55.8 Å². The van der Waals surface area contributed by atoms with Gasteiger partial charge in [0, 0.05) is 12.0 Å². The molecule has 28 heavy (non-hydrogen) atoms. The molecule has 148 valence electrons. The monoisotopic (exact) mass is 399 g/mol. The highest BCUT2D eigenvalue weighted by atomic mass is 32.2. The molecular weight excluding hydrogens is 374 g/mol. The minimum Gasteiger partial charge on any atom is -0.350 e. The normalized spacial score (nSPS) is 17.2. The highest BCUT2D eigenvalue weighted by Crippen LogP contribution is 2.22. The van der Waals surface area contributed by atoms with Gasteiger partial charge in [-0.1, -0.05) is 50.2 Å². The number of hydrogen-bond donors (Lipinski definition) is 2. The van der Waals surface area contributed by atoms with Gasteiger partial charge in [-0.15, -0.1) is 0 Å². The second-order valence-corrected chi connectivity index (χ2v) is 8.84. The summed E-state index contributed by atoms with van der Waals surface area (Å²) in [6.07, 6.45) is 0.182. The summed E-state index contributed by atoms with van der Waals surface area (Å²) < 4.78 is 26.6. The standard InChI is InChI=1S/C21H25N3O3S/c1-14(2)16-8-10-17(11-9-16)15(3)23-20(25)12-13-22-21-18-6-4-5-7-19(18)28(26,27)24-21/h4-11,14-15H,12-13H2,1-3H3,(H,22,24)(H,23,25). The van der Waals surface area contributed by atoms with E-state index in [1.807, 2.05) is 19.1 Å². The molecule has 2 aromatic rings. The van der Waals surface area contributed by atoms with Crippen LogP contribution < -0.4 is 10.0 Å². The molecule has 0 saturated carbocycles. The van der Waals surface area contributed by atoms with Crippen molar-refractivity contribution >= 4 is 21.8 Å². The van der Waals surface area contributed by atoms with Crippen molar-refractivity contribution in [2.75, 3.05) is 6.54 Å². The van der Waals surface area contributed by atoms with E-state index in [9.17, 15) is 13.2 Å². The maximum absolute atomic E-state index is 12.2. The summed E-state index contributed by atoms with van der Waals surface area (Å²) in [5, 5.41) is 2.96. The quantitative estimate of drug-likeness (QED) is 0.782. The summed E-state index contributed by atoms with van der Waals surface area (Å²) in [5.74, 6) is 0.635. The molecule has 1 atom stereocenters. The van der Waals surface area contributed by atoms with Crippen molar-refractivity contribution in [3.8, 4) is 0 Å². The zero-order valence-corrected chi connectivity index (χ0v) is 17.1. The van der Waals surface area contributed by atoms with Gasteiger partial charge in [-0.2, -0.15) is 0 Å². The SMILES string of the molecule is CC(C)c1ccc(C(C)NC(=O)CCN=C2NS(=O)(=O)c3ccccc32)cc1. The van der Waals surface area contributed by atoms with Gasteiger partial charge in [0.2, 0.25) is 5.91 Å². The van der Waals surface area contributed by atoms with Gasteiger partial charge >= 0.3 is 0 Å². The van der Waals surface area contributed by atoms with E-state index >= 15 is 0 Å². The van der Waals surface area contributed by atoms with E-state index in [-0.39, 0.29) is 29.8 Å². The Bertz CT molecular complexity index is 996. The van der Waals surface area contributed by atoms with Gasteiger partial charge in [0.15, 0.2) is 0 Å². The molecule has 2 N–H and O–H groups in total. The highest BCUT2D eigenvalue weighted by molar-refractivity contribution is 7.90. The number of carbonyl (C=O) groups is 1. The Balaban J connectivity index is 1.57. The van der Waals surface area contributed by atoms with Crippen molar-refractivity contribution in [1.82, 2.24) is 10.0 Å². The molecule has 3 rings (SSSR count). The predicted octanol–water partition coefficient (Wildman–Crippen LogP) is 3.12. The first-order valence-electron chi connectivity index (χ1n) is 9.34. The predicted molar refractivity (Wildman–Crippen MR) is 110 cm³/mol. The molecule has 0 saturated heterocycles. The molecule has 1 unspecified atom stereocenters. The molecule has 1 aliphatic heterocycles. The fraction of sp³-hybridized carbons (Fsp3) is 0.333. The van der Waals surface area contributed by atoms with E-state index in [2.05, 4.69) is 41.0 Å². The molecule has 0 fully saturated rings. The van der Waals surface area contributed by atoms with Crippen LogP contribution in [0.4, 0.5) is 0 Å². The van der Waals surface area contributed by atoms with Crippen LogP contribution in [-0.4, -0.2) is 26.7 Å². The summed E-state index contributed by atoms with van der Waals surface area (Å²) in [6, 6.07) is 14.8. The Kier molecular flexibility index (Phi) is 5.84. The van der Waals surface area contributed by atoms with Gasteiger partial charge in [0.05, 0.1) is 17.5 Å². The van der Waals surface area contributed by atoms with Crippen LogP contribution in [-0.2, 0) is 14.8 Å². The second-order valence-electron chi connectivity index (χ2n) is 7.19. The van der Waals surface area contributed by atoms with Crippen molar-refractivity contribution in [3.05, 3.63) is 65.2 Å². The zero-order chi connectivity index (χ0) is 20.3. The molecule has 1 aliphatic rings. The number of amidine groups is 1. The van der Waals surface area contributed by atoms with Crippen molar-refractivity contribution in [2.24, 2.45) is 4.99 Å². The van der Waals surface area contributed by atoms with Gasteiger partial charge in [-0.05, 0) is 36.1 Å². The molecule has 1 amide bonds. The summed E-state index contributed by atoms with van der Waals surface area (Å²) in [4.78, 5) is 16.7. The van der Waals surface area contributed by atoms with Crippen molar-refractivity contribution in [2.45, 2.75) is 44.0 Å². The maximum Gasteiger partial charge on any atom is 0.263 e. The summed E-state index contributed by atoms with van der Waals surface area (Å²) in [6.45, 7) is 6.43. The van der Waals surface area contributed by atoms with Crippen LogP contribution in [0.5, 0.6) is 0 Å². The van der Waals surface area contributed by atoms with Crippen LogP contribution in [0.25, 0.3) is 0 Å². The minimum atomic E-state index is -3.55. The van der Waals surface area contributed by atoms with Gasteiger partial charge in [0.25, 0.3) is 10.0 Å². The Labute approximate surface area is 166 Å². The van der Waals surface area contributed by atoms with Gasteiger partial charge in [-0.3, -0.25) is 14.5 Å². The lowest BCUT2D eigenvalue weighted by Gasteiger charge is -2.15. The zero-order valence-electron chi connectivity index (χ0n) is 16.3. The second kappa shape index (κ2) is 8.14. The Morgan fingerprint density at radius 1 is 1.04 bits per heavy atom. The third-order valence-electron chi connectivity index (χ3n) is 4.75. The first-order chi connectivity index (χ1) is 13.3. The van der Waals surface area contributed by atoms with E-state index in [0.29, 0.717) is 17.3 Å². The lowest BCUT2D eigenvalue weighted by Crippen LogP contribution is -2.27. The van der Waals surface area contributed by atoms with E-state index in [1.54, 1.807) is 24.3 Å². The van der Waals surface area contributed by atoms with Crippen molar-refractivity contribution < 1.29 is 13.2 Å². The fourth-order valence-corrected chi connectivity index (χ4v) is 4.34. The molecule has 0 bridgehead atoms. The number of fused-ring (bicyclic) bond motifs is 1. The number of hydrogen-bond acceptors (Lipinski definition) is 4. The fourth-order valence-electron chi connectivity index (χ4n) is 3.09. The van der Waals surface area contributed by atoms with Gasteiger partial charge < -0.3 is 5.32 Å². The van der Waals surface area contributed by atoms with E-state index < -0.39 is 10.0 Å². The van der Waals surface area contributed by atoms with Crippen molar-refractivity contribution in [1.29, 1.82) is 0 Å². The summed E-state index contributed by atoms with van der Waals surface area (Å²) in [5.41, 5.74) is 2.85. The number of rotatable bonds is 6. The Morgan fingerprint density at radius 2 is 1.68 bits per heavy atom. The molecular formula is C21H25N3O3S. The third kappa shape index (κ3) is 4.42. The van der Waals surface area contributed by atoms with Crippen LogP contribution in [0.3, 0.4) is 0 Å². The van der Waals surface area contributed by atoms with Crippen LogP contribution >= 0.6 is 0 Å². The topological polar surface area (TPSA) is 87.6 Å². The average molecular weight is 400 g/mol. The van der Waals surface area contributed by atoms with Crippen LogP contribution in [0.2, 0.25) is 0 Å². The third-order valence-corrected chi connectivity index (χ3v) is 6.15. The number of aliphatic imine (C=N–C) groups is 1. The molecule has 6 nitrogen and oxygen atoms in total. The lowest BCUT2D eigenvalue weighted by molar-refractivity contribution is -0.121. The molecule has 0 aromatic heterocycles. The number of benzene rings is 2. The molecule has 2 aromatic carbocycles. The maximum atomic E-state index is 12.2. The molecule has 7 heteroatoms. The largest absolute Gasteiger partial charge is 0.350 e. The highest BCUT2D eigenvalue weighted by Gasteiger charge is 2.29. The number of nitrogens with zero attached hydrogens (tertiary/aromatic N) is 1. The molecule has 1 heterocycles.